The number of rotatable bonds is 9. The van der Waals surface area contributed by atoms with E-state index >= 15 is 0 Å². The summed E-state index contributed by atoms with van der Waals surface area (Å²) in [5, 5.41) is 21.9. The summed E-state index contributed by atoms with van der Waals surface area (Å²) in [5.74, 6) is 1.23. The number of nitrogens with one attached hydrogen (secondary N) is 1. The molecule has 10 nitrogen and oxygen atoms in total. The number of anilines is 2. The van der Waals surface area contributed by atoms with Gasteiger partial charge in [-0.1, -0.05) is 27.7 Å². The van der Waals surface area contributed by atoms with E-state index in [0.29, 0.717) is 17.0 Å². The number of hydrogen-bond donors (Lipinski definition) is 2. The number of benzene rings is 2. The smallest absolute Gasteiger partial charge is 0.337 e. The molecular formula is C40H50N6O4. The number of nitriles is 1. The van der Waals surface area contributed by atoms with E-state index in [4.69, 9.17) is 9.84 Å². The van der Waals surface area contributed by atoms with Crippen LogP contribution in [-0.2, 0) is 0 Å². The van der Waals surface area contributed by atoms with Crippen LogP contribution in [0.3, 0.4) is 0 Å². The van der Waals surface area contributed by atoms with Crippen molar-refractivity contribution in [2.24, 2.45) is 16.7 Å². The summed E-state index contributed by atoms with van der Waals surface area (Å²) < 4.78 is 6.53. The number of hydrogen-bond acceptors (Lipinski definition) is 8. The molecule has 2 N–H and O–H groups in total. The number of piperazine rings is 1. The normalized spacial score (nSPS) is 21.9. The average Bonchev–Trinajstić information content (AvgIpc) is 3.10. The molecule has 1 amide bonds. The lowest BCUT2D eigenvalue weighted by molar-refractivity contribution is -0.164. The molecule has 264 valence electrons. The molecule has 3 aromatic rings. The first kappa shape index (κ1) is 35.2. The fourth-order valence-corrected chi connectivity index (χ4v) is 8.74. The topological polar surface area (TPSA) is 122 Å². The molecule has 1 saturated carbocycles. The van der Waals surface area contributed by atoms with Crippen LogP contribution in [0.4, 0.5) is 11.5 Å². The monoisotopic (exact) mass is 678 g/mol. The van der Waals surface area contributed by atoms with Crippen LogP contribution in [-0.4, -0.2) is 84.8 Å². The molecule has 0 bridgehead atoms. The van der Waals surface area contributed by atoms with Gasteiger partial charge in [-0.05, 0) is 92.3 Å². The summed E-state index contributed by atoms with van der Waals surface area (Å²) in [6, 6.07) is 17.5. The van der Waals surface area contributed by atoms with Gasteiger partial charge in [-0.25, -0.2) is 9.78 Å². The molecule has 6 rings (SSSR count). The maximum atomic E-state index is 13.5. The Morgan fingerprint density at radius 3 is 2.04 bits per heavy atom. The first-order valence-corrected chi connectivity index (χ1v) is 17.8. The minimum atomic E-state index is -0.953. The summed E-state index contributed by atoms with van der Waals surface area (Å²) in [6.07, 6.45) is 3.60. The zero-order chi connectivity index (χ0) is 35.8. The van der Waals surface area contributed by atoms with Crippen LogP contribution in [0.2, 0.25) is 0 Å². The third-order valence-electron chi connectivity index (χ3n) is 11.3. The van der Waals surface area contributed by atoms with Gasteiger partial charge in [-0.2, -0.15) is 5.26 Å². The van der Waals surface area contributed by atoms with E-state index in [-0.39, 0.29) is 34.4 Å². The van der Waals surface area contributed by atoms with E-state index in [2.05, 4.69) is 70.9 Å². The van der Waals surface area contributed by atoms with Crippen molar-refractivity contribution < 1.29 is 19.4 Å². The highest BCUT2D eigenvalue weighted by Gasteiger charge is 2.64. The maximum Gasteiger partial charge on any atom is 0.337 e. The van der Waals surface area contributed by atoms with Gasteiger partial charge < -0.3 is 25.0 Å². The highest BCUT2D eigenvalue weighted by Crippen LogP contribution is 2.55. The Labute approximate surface area is 296 Å². The molecule has 0 unspecified atom stereocenters. The zero-order valence-electron chi connectivity index (χ0n) is 30.2. The zero-order valence-corrected chi connectivity index (χ0v) is 30.2. The maximum absolute atomic E-state index is 13.5. The highest BCUT2D eigenvalue weighted by atomic mass is 16.5. The molecule has 0 atom stereocenters. The number of pyridine rings is 1. The Bertz CT molecular complexity index is 1710. The number of ether oxygens (including phenoxy) is 1. The molecule has 3 heterocycles. The molecule has 50 heavy (non-hydrogen) atoms. The van der Waals surface area contributed by atoms with E-state index in [9.17, 15) is 14.9 Å². The highest BCUT2D eigenvalue weighted by molar-refractivity contribution is 5.95. The standard InChI is InChI=1S/C40H50N6O4/c1-26-21-32(22-27(2)33(26)23-41)50-38-39(3,4)37(40(38,5)6)43-35(47)29-7-10-31(11-8-29)45-15-13-28(14-16-45)25-44-17-19-46(20-18-44)34-12-9-30(24-42-34)36(48)49/h7-12,21-22,24,28,37-38H,13-20,25H2,1-6H3,(H,43,47)(H,48,49)/t37-,38-. The molecule has 2 aliphatic heterocycles. The molecule has 10 heteroatoms. The third-order valence-corrected chi connectivity index (χ3v) is 11.3. The van der Waals surface area contributed by atoms with Gasteiger partial charge in [-0.3, -0.25) is 9.69 Å². The number of piperidine rings is 1. The number of carboxylic acid groups (broad SMARTS) is 1. The predicted molar refractivity (Wildman–Crippen MR) is 195 cm³/mol. The van der Waals surface area contributed by atoms with E-state index in [1.807, 2.05) is 38.1 Å². The second-order valence-corrected chi connectivity index (χ2v) is 15.6. The van der Waals surface area contributed by atoms with Crippen molar-refractivity contribution in [3.63, 3.8) is 0 Å². The Morgan fingerprint density at radius 1 is 0.900 bits per heavy atom. The minimum absolute atomic E-state index is 0.0712. The van der Waals surface area contributed by atoms with Gasteiger partial charge in [0.1, 0.15) is 17.7 Å². The molecular weight excluding hydrogens is 628 g/mol. The first-order valence-electron chi connectivity index (χ1n) is 17.8. The summed E-state index contributed by atoms with van der Waals surface area (Å²) >= 11 is 0. The number of aryl methyl sites for hydroxylation is 2. The van der Waals surface area contributed by atoms with E-state index in [1.165, 1.54) is 6.20 Å². The van der Waals surface area contributed by atoms with Crippen LogP contribution in [0, 0.1) is 41.9 Å². The predicted octanol–water partition coefficient (Wildman–Crippen LogP) is 5.92. The SMILES string of the molecule is Cc1cc(O[C@H]2C(C)(C)[C@H](NC(=O)c3ccc(N4CCC(CN5CCN(c6ccc(C(=O)O)cn6)CC5)CC4)cc3)C2(C)C)cc(C)c1C#N. The number of nitrogens with zero attached hydrogens (tertiary/aromatic N) is 5. The van der Waals surface area contributed by atoms with Gasteiger partial charge in [0.2, 0.25) is 0 Å². The third kappa shape index (κ3) is 7.02. The lowest BCUT2D eigenvalue weighted by atomic mass is 9.49. The van der Waals surface area contributed by atoms with Gasteiger partial charge in [0.15, 0.2) is 0 Å². The van der Waals surface area contributed by atoms with Crippen molar-refractivity contribution in [1.29, 1.82) is 5.26 Å². The van der Waals surface area contributed by atoms with Crippen molar-refractivity contribution in [2.45, 2.75) is 66.5 Å². The summed E-state index contributed by atoms with van der Waals surface area (Å²) in [5.41, 5.74) is 3.94. The quantitative estimate of drug-likeness (QED) is 0.284. The molecule has 1 aromatic heterocycles. The second kappa shape index (κ2) is 13.9. The van der Waals surface area contributed by atoms with Crippen LogP contribution in [0.25, 0.3) is 0 Å². The Morgan fingerprint density at radius 2 is 1.50 bits per heavy atom. The molecule has 3 fully saturated rings. The lowest BCUT2D eigenvalue weighted by Crippen LogP contribution is -2.74. The Hall–Kier alpha value is -4.62. The van der Waals surface area contributed by atoms with Crippen LogP contribution >= 0.6 is 0 Å². The summed E-state index contributed by atoms with van der Waals surface area (Å²) in [7, 11) is 0. The summed E-state index contributed by atoms with van der Waals surface area (Å²) in [4.78, 5) is 36.2. The average molecular weight is 679 g/mol. The van der Waals surface area contributed by atoms with Crippen LogP contribution in [0.1, 0.15) is 77.9 Å². The summed E-state index contributed by atoms with van der Waals surface area (Å²) in [6.45, 7) is 19.3. The van der Waals surface area contributed by atoms with Crippen molar-refractivity contribution in [3.05, 3.63) is 82.5 Å². The fraction of sp³-hybridized carbons (Fsp3) is 0.500. The first-order chi connectivity index (χ1) is 23.8. The number of carbonyl (C=O) groups excluding carboxylic acids is 1. The second-order valence-electron chi connectivity index (χ2n) is 15.6. The van der Waals surface area contributed by atoms with Gasteiger partial charge in [0, 0.05) is 80.1 Å². The van der Waals surface area contributed by atoms with Crippen molar-refractivity contribution in [3.8, 4) is 11.8 Å². The van der Waals surface area contributed by atoms with Crippen molar-refractivity contribution in [1.82, 2.24) is 15.2 Å². The number of aromatic carboxylic acids is 1. The van der Waals surface area contributed by atoms with Gasteiger partial charge in [0.25, 0.3) is 5.91 Å². The number of carboxylic acids is 1. The Kier molecular flexibility index (Phi) is 9.82. The molecule has 3 aliphatic rings. The molecule has 0 spiro atoms. The van der Waals surface area contributed by atoms with Gasteiger partial charge in [0.05, 0.1) is 17.2 Å². The molecule has 2 saturated heterocycles. The molecule has 2 aromatic carbocycles. The van der Waals surface area contributed by atoms with E-state index < -0.39 is 5.97 Å². The largest absolute Gasteiger partial charge is 0.489 e. The van der Waals surface area contributed by atoms with E-state index in [1.54, 1.807) is 12.1 Å². The molecule has 1 aliphatic carbocycles. The lowest BCUT2D eigenvalue weighted by Gasteiger charge is -2.63. The Balaban J connectivity index is 0.966. The van der Waals surface area contributed by atoms with Gasteiger partial charge in [-0.15, -0.1) is 0 Å². The van der Waals surface area contributed by atoms with Crippen LogP contribution in [0.15, 0.2) is 54.7 Å². The fourth-order valence-electron chi connectivity index (χ4n) is 8.74. The van der Waals surface area contributed by atoms with E-state index in [0.717, 1.165) is 87.0 Å². The van der Waals surface area contributed by atoms with Crippen molar-refractivity contribution >= 4 is 23.4 Å². The van der Waals surface area contributed by atoms with Gasteiger partial charge >= 0.3 is 5.97 Å². The number of aromatic nitrogens is 1. The number of carbonyl (C=O) groups is 2. The van der Waals surface area contributed by atoms with Crippen LogP contribution in [0.5, 0.6) is 5.75 Å². The minimum Gasteiger partial charge on any atom is -0.489 e. The van der Waals surface area contributed by atoms with Crippen molar-refractivity contribution in [2.75, 3.05) is 55.6 Å². The van der Waals surface area contributed by atoms with Crippen LogP contribution < -0.4 is 19.9 Å². The molecule has 0 radical (unpaired) electrons. The number of amides is 1.